The number of hydrogen-bond acceptors (Lipinski definition) is 8. The van der Waals surface area contributed by atoms with Crippen LogP contribution in [0.2, 0.25) is 0 Å². The van der Waals surface area contributed by atoms with Gasteiger partial charge in [0.05, 0.1) is 17.9 Å². The van der Waals surface area contributed by atoms with E-state index < -0.39 is 0 Å². The van der Waals surface area contributed by atoms with E-state index in [-0.39, 0.29) is 29.0 Å². The monoisotopic (exact) mass is 572 g/mol. The number of carbonyl (C=O) groups excluding carboxylic acids is 2. The van der Waals surface area contributed by atoms with Gasteiger partial charge in [-0.3, -0.25) is 24.9 Å². The van der Waals surface area contributed by atoms with E-state index >= 15 is 0 Å². The van der Waals surface area contributed by atoms with E-state index in [1.807, 2.05) is 67.6 Å². The molecule has 0 bridgehead atoms. The number of aromatic amines is 2. The zero-order chi connectivity index (χ0) is 30.6. The van der Waals surface area contributed by atoms with Crippen LogP contribution in [0.15, 0.2) is 87.4 Å². The Hall–Kier alpha value is -5.35. The molecule has 4 rings (SSSR count). The fourth-order valence-corrected chi connectivity index (χ4v) is 3.32. The van der Waals surface area contributed by atoms with Crippen LogP contribution in [0.25, 0.3) is 22.5 Å². The number of anilines is 2. The molecule has 2 heterocycles. The minimum atomic E-state index is -0.378. The minimum Gasteiger partial charge on any atom is -0.369 e. The Bertz CT molecular complexity index is 1530. The van der Waals surface area contributed by atoms with Crippen molar-refractivity contribution in [2.45, 2.75) is 39.5 Å². The maximum atomic E-state index is 11.7. The molecule has 12 heteroatoms. The number of benzene rings is 2. The van der Waals surface area contributed by atoms with Gasteiger partial charge in [-0.1, -0.05) is 87.4 Å². The molecule has 0 aliphatic rings. The lowest BCUT2D eigenvalue weighted by molar-refractivity contribution is 0.252. The van der Waals surface area contributed by atoms with Gasteiger partial charge in [0.15, 0.2) is 0 Å². The van der Waals surface area contributed by atoms with Gasteiger partial charge in [0, 0.05) is 29.8 Å². The maximum absolute atomic E-state index is 11.7. The lowest BCUT2D eigenvalue weighted by atomic mass is 10.1. The Morgan fingerprint density at radius 1 is 0.857 bits per heavy atom. The van der Waals surface area contributed by atoms with Crippen LogP contribution in [0.3, 0.4) is 0 Å². The molecule has 220 valence electrons. The molecule has 0 aliphatic heterocycles. The second-order valence-electron chi connectivity index (χ2n) is 8.79. The topological polar surface area (TPSA) is 188 Å². The van der Waals surface area contributed by atoms with Crippen LogP contribution in [0.5, 0.6) is 0 Å². The molecule has 0 atom stereocenters. The first kappa shape index (κ1) is 32.9. The van der Waals surface area contributed by atoms with Crippen LogP contribution in [0, 0.1) is 0 Å². The van der Waals surface area contributed by atoms with Crippen LogP contribution >= 0.6 is 0 Å². The molecule has 0 unspecified atom stereocenters. The normalized spacial score (nSPS) is 9.67. The number of H-pyrrole nitrogens is 2. The molecule has 0 saturated heterocycles. The van der Waals surface area contributed by atoms with Crippen LogP contribution < -0.4 is 27.5 Å². The van der Waals surface area contributed by atoms with Gasteiger partial charge >= 0.3 is 6.03 Å². The van der Waals surface area contributed by atoms with Crippen molar-refractivity contribution in [3.8, 4) is 22.5 Å². The zero-order valence-corrected chi connectivity index (χ0v) is 23.7. The molecule has 12 nitrogen and oxygen atoms in total. The third kappa shape index (κ3) is 12.7. The summed E-state index contributed by atoms with van der Waals surface area (Å²) in [5, 5.41) is 5.23. The van der Waals surface area contributed by atoms with Crippen molar-refractivity contribution in [3.05, 3.63) is 93.5 Å². The summed E-state index contributed by atoms with van der Waals surface area (Å²) < 4.78 is 0. The number of nitrogens with one attached hydrogen (secondary N) is 4. The number of isocyanates is 1. The van der Waals surface area contributed by atoms with E-state index in [9.17, 15) is 19.2 Å². The molecule has 42 heavy (non-hydrogen) atoms. The van der Waals surface area contributed by atoms with Crippen molar-refractivity contribution in [2.75, 3.05) is 24.1 Å². The predicted octanol–water partition coefficient (Wildman–Crippen LogP) is 4.50. The Labute approximate surface area is 243 Å². The average Bonchev–Trinajstić information content (AvgIpc) is 2.98. The van der Waals surface area contributed by atoms with Crippen molar-refractivity contribution in [1.82, 2.24) is 25.3 Å². The molecule has 0 saturated carbocycles. The number of hydrogen-bond donors (Lipinski definition) is 5. The minimum absolute atomic E-state index is 0.135. The third-order valence-electron chi connectivity index (χ3n) is 5.38. The lowest BCUT2D eigenvalue weighted by Gasteiger charge is -2.07. The van der Waals surface area contributed by atoms with Gasteiger partial charge in [-0.05, 0) is 12.8 Å². The number of aromatic nitrogens is 4. The molecule has 2 amide bonds. The summed E-state index contributed by atoms with van der Waals surface area (Å²) in [6.07, 6.45) is 5.46. The van der Waals surface area contributed by atoms with Gasteiger partial charge < -0.3 is 11.1 Å². The van der Waals surface area contributed by atoms with Crippen molar-refractivity contribution in [3.63, 3.8) is 0 Å². The Morgan fingerprint density at radius 2 is 1.40 bits per heavy atom. The summed E-state index contributed by atoms with van der Waals surface area (Å²) in [5.41, 5.74) is 7.68. The SMILES string of the molecule is CCCCN=C=O.CCCCNC(=O)Nc1nc(-c2ccccc2)cc(=O)[nH]1.Nc1nc(-c2ccccc2)cc(=O)[nH]1. The van der Waals surface area contributed by atoms with Crippen molar-refractivity contribution >= 4 is 24.0 Å². The van der Waals surface area contributed by atoms with E-state index in [1.54, 1.807) is 0 Å². The predicted molar refractivity (Wildman–Crippen MR) is 165 cm³/mol. The van der Waals surface area contributed by atoms with Gasteiger partial charge in [-0.25, -0.2) is 24.5 Å². The fourth-order valence-electron chi connectivity index (χ4n) is 3.32. The van der Waals surface area contributed by atoms with Crippen LogP contribution in [-0.4, -0.2) is 45.1 Å². The summed E-state index contributed by atoms with van der Waals surface area (Å²) in [5.74, 6) is 0.270. The first-order valence-electron chi connectivity index (χ1n) is 13.5. The van der Waals surface area contributed by atoms with E-state index in [1.165, 1.54) is 18.2 Å². The fraction of sp³-hybridized carbons (Fsp3) is 0.267. The van der Waals surface area contributed by atoms with Gasteiger partial charge in [0.25, 0.3) is 11.1 Å². The molecular weight excluding hydrogens is 536 g/mol. The quantitative estimate of drug-likeness (QED) is 0.111. The lowest BCUT2D eigenvalue weighted by Crippen LogP contribution is -2.31. The van der Waals surface area contributed by atoms with Crippen LogP contribution in [0.4, 0.5) is 16.7 Å². The molecule has 2 aromatic heterocycles. The maximum Gasteiger partial charge on any atom is 0.321 e. The number of nitrogen functional groups attached to an aromatic ring is 1. The number of unbranched alkanes of at least 4 members (excludes halogenated alkanes) is 2. The standard InChI is InChI=1S/C15H18N4O2.C10H9N3O.C5H9NO/c1-2-3-9-16-15(21)19-14-17-12(10-13(20)18-14)11-7-5-4-6-8-11;11-10-12-8(6-9(14)13-10)7-4-2-1-3-5-7;1-2-3-4-6-5-7/h4-8,10H,2-3,9H2,1H3,(H3,16,17,18,19,20,21);1-6H,(H3,11,12,13,14);2-4H2,1H3. The third-order valence-corrected chi connectivity index (χ3v) is 5.38. The highest BCUT2D eigenvalue weighted by atomic mass is 16.2. The van der Waals surface area contributed by atoms with Gasteiger partial charge in [-0.2, -0.15) is 0 Å². The van der Waals surface area contributed by atoms with Crippen LogP contribution in [0.1, 0.15) is 39.5 Å². The number of urea groups is 1. The first-order valence-corrected chi connectivity index (χ1v) is 13.5. The summed E-state index contributed by atoms with van der Waals surface area (Å²) in [6, 6.07) is 21.2. The summed E-state index contributed by atoms with van der Waals surface area (Å²) in [6.45, 7) is 5.33. The van der Waals surface area contributed by atoms with E-state index in [0.717, 1.165) is 36.8 Å². The van der Waals surface area contributed by atoms with Crippen LogP contribution in [-0.2, 0) is 4.79 Å². The number of nitrogens with two attached hydrogens (primary N) is 1. The molecule has 0 radical (unpaired) electrons. The van der Waals surface area contributed by atoms with Gasteiger partial charge in [0.1, 0.15) is 0 Å². The molecule has 0 aliphatic carbocycles. The summed E-state index contributed by atoms with van der Waals surface area (Å²) in [7, 11) is 0. The molecule has 2 aromatic carbocycles. The van der Waals surface area contributed by atoms with E-state index in [4.69, 9.17) is 5.73 Å². The molecule has 0 spiro atoms. The zero-order valence-electron chi connectivity index (χ0n) is 23.7. The second kappa shape index (κ2) is 18.9. The smallest absolute Gasteiger partial charge is 0.321 e. The molecule has 6 N–H and O–H groups in total. The summed E-state index contributed by atoms with van der Waals surface area (Å²) >= 11 is 0. The van der Waals surface area contributed by atoms with Crippen molar-refractivity contribution < 1.29 is 9.59 Å². The largest absolute Gasteiger partial charge is 0.369 e. The number of aliphatic imine (C=N–C) groups is 1. The van der Waals surface area contributed by atoms with Gasteiger partial charge in [-0.15, -0.1) is 0 Å². The highest BCUT2D eigenvalue weighted by Crippen LogP contribution is 2.15. The molecule has 0 fully saturated rings. The van der Waals surface area contributed by atoms with E-state index in [2.05, 4.69) is 42.5 Å². The van der Waals surface area contributed by atoms with Crippen molar-refractivity contribution in [1.29, 1.82) is 0 Å². The van der Waals surface area contributed by atoms with E-state index in [0.29, 0.717) is 24.5 Å². The summed E-state index contributed by atoms with van der Waals surface area (Å²) in [4.78, 5) is 60.3. The Morgan fingerprint density at radius 3 is 1.93 bits per heavy atom. The number of amides is 2. The number of rotatable bonds is 9. The number of nitrogens with zero attached hydrogens (tertiary/aromatic N) is 3. The average molecular weight is 573 g/mol. The van der Waals surface area contributed by atoms with Gasteiger partial charge in [0.2, 0.25) is 18.0 Å². The number of carbonyl (C=O) groups is 1. The first-order chi connectivity index (χ1) is 20.4. The van der Waals surface area contributed by atoms with Crippen molar-refractivity contribution in [2.24, 2.45) is 4.99 Å². The Kier molecular flexibility index (Phi) is 14.7. The highest BCUT2D eigenvalue weighted by Gasteiger charge is 2.07. The Balaban J connectivity index is 0.000000252. The molecular formula is C30H36N8O4. The molecule has 4 aromatic rings. The second-order valence-corrected chi connectivity index (χ2v) is 8.79. The highest BCUT2D eigenvalue weighted by molar-refractivity contribution is 5.87.